The summed E-state index contributed by atoms with van der Waals surface area (Å²) in [6, 6.07) is 12.4. The number of nitrogens with one attached hydrogen (secondary N) is 1. The summed E-state index contributed by atoms with van der Waals surface area (Å²) in [4.78, 5) is 4.92. The van der Waals surface area contributed by atoms with Crippen LogP contribution in [-0.2, 0) is 0 Å². The van der Waals surface area contributed by atoms with E-state index < -0.39 is 0 Å². The number of thiocarbonyl (C=S) groups is 1. The molecule has 0 amide bonds. The van der Waals surface area contributed by atoms with Gasteiger partial charge in [-0.25, -0.2) is 4.98 Å². The summed E-state index contributed by atoms with van der Waals surface area (Å²) in [5.41, 5.74) is 9.85. The maximum Gasteiger partial charge on any atom is 0.137 e. The molecule has 2 aromatic rings. The molecule has 1 aromatic heterocycles. The topological polar surface area (TPSA) is 50.9 Å². The number of rotatable bonds is 4. The van der Waals surface area contributed by atoms with E-state index in [0.717, 1.165) is 22.6 Å². The van der Waals surface area contributed by atoms with Crippen molar-refractivity contribution in [3.63, 3.8) is 0 Å². The molecule has 20 heavy (non-hydrogen) atoms. The maximum atomic E-state index is 5.83. The fourth-order valence-corrected chi connectivity index (χ4v) is 2.54. The van der Waals surface area contributed by atoms with Crippen molar-refractivity contribution < 1.29 is 0 Å². The molecule has 2 rings (SSSR count). The summed E-state index contributed by atoms with van der Waals surface area (Å²) in [6.07, 6.45) is 0. The number of hydrogen-bond donors (Lipinski definition) is 2. The summed E-state index contributed by atoms with van der Waals surface area (Å²) in [5, 5.41) is 3.41. The van der Waals surface area contributed by atoms with Crippen LogP contribution in [0.25, 0.3) is 0 Å². The molecule has 0 aliphatic rings. The van der Waals surface area contributed by atoms with Crippen LogP contribution in [0.2, 0.25) is 0 Å². The van der Waals surface area contributed by atoms with Crippen LogP contribution in [0.3, 0.4) is 0 Å². The predicted octanol–water partition coefficient (Wildman–Crippen LogP) is 3.51. The van der Waals surface area contributed by atoms with Gasteiger partial charge in [0.05, 0.1) is 5.56 Å². The Balaban J connectivity index is 2.36. The molecule has 0 spiro atoms. The van der Waals surface area contributed by atoms with Crippen LogP contribution in [0, 0.1) is 13.8 Å². The smallest absolute Gasteiger partial charge is 0.137 e. The number of pyridine rings is 1. The van der Waals surface area contributed by atoms with Crippen LogP contribution in [-0.4, -0.2) is 9.97 Å². The van der Waals surface area contributed by atoms with Gasteiger partial charge in [0.1, 0.15) is 10.8 Å². The van der Waals surface area contributed by atoms with Crippen molar-refractivity contribution in [2.45, 2.75) is 26.8 Å². The number of anilines is 1. The molecule has 0 saturated carbocycles. The van der Waals surface area contributed by atoms with Gasteiger partial charge in [-0.05, 0) is 38.0 Å². The molecule has 1 aromatic carbocycles. The summed E-state index contributed by atoms with van der Waals surface area (Å²) in [5.74, 6) is 0.756. The number of aromatic nitrogens is 1. The van der Waals surface area contributed by atoms with Crippen LogP contribution < -0.4 is 11.1 Å². The fraction of sp³-hybridized carbons (Fsp3) is 0.250. The highest BCUT2D eigenvalue weighted by Gasteiger charge is 2.14. The molecule has 0 aliphatic heterocycles. The average Bonchev–Trinajstić information content (AvgIpc) is 2.38. The van der Waals surface area contributed by atoms with Gasteiger partial charge in [0.25, 0.3) is 0 Å². The minimum Gasteiger partial charge on any atom is -0.389 e. The number of hydrogen-bond acceptors (Lipinski definition) is 3. The zero-order chi connectivity index (χ0) is 14.7. The van der Waals surface area contributed by atoms with Gasteiger partial charge in [-0.15, -0.1) is 0 Å². The quantitative estimate of drug-likeness (QED) is 0.844. The first-order valence-corrected chi connectivity index (χ1v) is 6.99. The first-order chi connectivity index (χ1) is 9.49. The lowest BCUT2D eigenvalue weighted by Crippen LogP contribution is -2.18. The van der Waals surface area contributed by atoms with E-state index in [9.17, 15) is 0 Å². The Kier molecular flexibility index (Phi) is 4.35. The first-order valence-electron chi connectivity index (χ1n) is 6.58. The summed E-state index contributed by atoms with van der Waals surface area (Å²) in [6.45, 7) is 6.06. The van der Waals surface area contributed by atoms with Crippen molar-refractivity contribution in [1.82, 2.24) is 4.98 Å². The number of aryl methyl sites for hydroxylation is 2. The van der Waals surface area contributed by atoms with Crippen molar-refractivity contribution in [2.75, 3.05) is 5.32 Å². The Morgan fingerprint density at radius 1 is 1.25 bits per heavy atom. The van der Waals surface area contributed by atoms with Gasteiger partial charge in [-0.2, -0.15) is 0 Å². The molecular formula is C16H19N3S. The largest absolute Gasteiger partial charge is 0.389 e. The van der Waals surface area contributed by atoms with Gasteiger partial charge in [-0.1, -0.05) is 42.5 Å². The van der Waals surface area contributed by atoms with E-state index in [-0.39, 0.29) is 6.04 Å². The van der Waals surface area contributed by atoms with Crippen molar-refractivity contribution in [3.05, 3.63) is 58.8 Å². The number of benzene rings is 1. The normalized spacial score (nSPS) is 11.9. The van der Waals surface area contributed by atoms with Gasteiger partial charge in [0.2, 0.25) is 0 Å². The van der Waals surface area contributed by atoms with Gasteiger partial charge < -0.3 is 11.1 Å². The molecule has 1 unspecified atom stereocenters. The summed E-state index contributed by atoms with van der Waals surface area (Å²) < 4.78 is 0. The molecule has 1 atom stereocenters. The third-order valence-electron chi connectivity index (χ3n) is 3.24. The monoisotopic (exact) mass is 285 g/mol. The molecule has 3 nitrogen and oxygen atoms in total. The third-order valence-corrected chi connectivity index (χ3v) is 3.45. The van der Waals surface area contributed by atoms with Crippen molar-refractivity contribution in [1.29, 1.82) is 0 Å². The lowest BCUT2D eigenvalue weighted by molar-refractivity contribution is 0.871. The Bertz CT molecular complexity index is 623. The van der Waals surface area contributed by atoms with Gasteiger partial charge in [0.15, 0.2) is 0 Å². The number of nitrogens with two attached hydrogens (primary N) is 1. The van der Waals surface area contributed by atoms with E-state index in [2.05, 4.69) is 29.4 Å². The molecule has 0 saturated heterocycles. The van der Waals surface area contributed by atoms with Crippen molar-refractivity contribution >= 4 is 23.0 Å². The Hall–Kier alpha value is -1.94. The van der Waals surface area contributed by atoms with E-state index in [4.69, 9.17) is 18.0 Å². The molecule has 4 heteroatoms. The average molecular weight is 285 g/mol. The van der Waals surface area contributed by atoms with Crippen molar-refractivity contribution in [3.8, 4) is 0 Å². The van der Waals surface area contributed by atoms with E-state index in [0.29, 0.717) is 4.99 Å². The van der Waals surface area contributed by atoms with E-state index in [1.54, 1.807) is 0 Å². The van der Waals surface area contributed by atoms with Crippen molar-refractivity contribution in [2.24, 2.45) is 5.73 Å². The Labute approximate surface area is 125 Å². The maximum absolute atomic E-state index is 5.83. The second kappa shape index (κ2) is 6.01. The minimum atomic E-state index is 0.137. The van der Waals surface area contributed by atoms with Crippen LogP contribution in [0.1, 0.15) is 35.3 Å². The second-order valence-corrected chi connectivity index (χ2v) is 5.38. The second-order valence-electron chi connectivity index (χ2n) is 4.95. The molecule has 3 N–H and O–H groups in total. The van der Waals surface area contributed by atoms with Crippen LogP contribution in [0.15, 0.2) is 36.4 Å². The van der Waals surface area contributed by atoms with Crippen LogP contribution in [0.5, 0.6) is 0 Å². The first kappa shape index (κ1) is 14.5. The Morgan fingerprint density at radius 3 is 2.50 bits per heavy atom. The van der Waals surface area contributed by atoms with E-state index in [1.165, 1.54) is 5.56 Å². The SMILES string of the molecule is Cc1cc(C)c(C(N)=S)c(NC(C)c2ccccc2)n1. The highest BCUT2D eigenvalue weighted by Crippen LogP contribution is 2.23. The van der Waals surface area contributed by atoms with Crippen LogP contribution >= 0.6 is 12.2 Å². The number of nitrogens with zero attached hydrogens (tertiary/aromatic N) is 1. The third kappa shape index (κ3) is 3.14. The molecule has 0 bridgehead atoms. The molecule has 0 aliphatic carbocycles. The summed E-state index contributed by atoms with van der Waals surface area (Å²) in [7, 11) is 0. The summed E-state index contributed by atoms with van der Waals surface area (Å²) >= 11 is 5.15. The molecule has 1 heterocycles. The van der Waals surface area contributed by atoms with E-state index in [1.807, 2.05) is 38.1 Å². The molecule has 0 radical (unpaired) electrons. The standard InChI is InChI=1S/C16H19N3S/c1-10-9-11(2)18-16(14(10)15(17)20)19-12(3)13-7-5-4-6-8-13/h4-9,12H,1-3H3,(H2,17,20)(H,18,19). The van der Waals surface area contributed by atoms with Crippen LogP contribution in [0.4, 0.5) is 5.82 Å². The highest BCUT2D eigenvalue weighted by molar-refractivity contribution is 7.80. The lowest BCUT2D eigenvalue weighted by Gasteiger charge is -2.19. The highest BCUT2D eigenvalue weighted by atomic mass is 32.1. The van der Waals surface area contributed by atoms with Gasteiger partial charge in [0, 0.05) is 11.7 Å². The zero-order valence-corrected chi connectivity index (χ0v) is 12.8. The molecule has 0 fully saturated rings. The van der Waals surface area contributed by atoms with Gasteiger partial charge >= 0.3 is 0 Å². The van der Waals surface area contributed by atoms with E-state index >= 15 is 0 Å². The van der Waals surface area contributed by atoms with Gasteiger partial charge in [-0.3, -0.25) is 0 Å². The predicted molar refractivity (Wildman–Crippen MR) is 88.1 cm³/mol. The molecular weight excluding hydrogens is 266 g/mol. The minimum absolute atomic E-state index is 0.137. The Morgan fingerprint density at radius 2 is 1.90 bits per heavy atom. The fourth-order valence-electron chi connectivity index (χ4n) is 2.28. The zero-order valence-electron chi connectivity index (χ0n) is 12.0. The molecule has 104 valence electrons. The lowest BCUT2D eigenvalue weighted by atomic mass is 10.1.